The molecular formula is C14H9BrN2O3. The van der Waals surface area contributed by atoms with Gasteiger partial charge in [-0.2, -0.15) is 0 Å². The summed E-state index contributed by atoms with van der Waals surface area (Å²) in [5, 5.41) is 10.6. The monoisotopic (exact) mass is 332 g/mol. The van der Waals surface area contributed by atoms with Crippen LogP contribution in [0.4, 0.5) is 0 Å². The second-order valence-electron chi connectivity index (χ2n) is 4.40. The number of carboxylic acid groups (broad SMARTS) is 1. The number of carbonyl (C=O) groups excluding carboxylic acids is 1. The summed E-state index contributed by atoms with van der Waals surface area (Å²) in [6.45, 7) is 0. The molecule has 0 saturated heterocycles. The van der Waals surface area contributed by atoms with E-state index in [0.717, 1.165) is 20.8 Å². The number of rotatable bonds is 2. The van der Waals surface area contributed by atoms with Crippen molar-refractivity contribution in [3.05, 3.63) is 45.9 Å². The highest BCUT2D eigenvalue weighted by Gasteiger charge is 2.15. The maximum atomic E-state index is 11.5. The third kappa shape index (κ3) is 1.77. The number of aromatic carboxylic acids is 1. The van der Waals surface area contributed by atoms with E-state index >= 15 is 0 Å². The topological polar surface area (TPSA) is 96.2 Å². The molecule has 20 heavy (non-hydrogen) atoms. The molecule has 0 saturated carbocycles. The van der Waals surface area contributed by atoms with Crippen molar-refractivity contribution in [2.24, 2.45) is 5.73 Å². The van der Waals surface area contributed by atoms with Crippen LogP contribution in [0.5, 0.6) is 0 Å². The Kier molecular flexibility index (Phi) is 2.76. The average Bonchev–Trinajstić information content (AvgIpc) is 2.77. The van der Waals surface area contributed by atoms with E-state index in [0.29, 0.717) is 11.1 Å². The van der Waals surface area contributed by atoms with Gasteiger partial charge in [0.15, 0.2) is 0 Å². The number of amides is 1. The lowest BCUT2D eigenvalue weighted by molar-refractivity contribution is 0.0697. The molecular weight excluding hydrogens is 324 g/mol. The summed E-state index contributed by atoms with van der Waals surface area (Å²) < 4.78 is 0.770. The SMILES string of the molecule is NC(=O)c1ccc(Br)c2c1[nH]c1ccc(C(=O)O)cc12. The Labute approximate surface area is 121 Å². The molecule has 0 unspecified atom stereocenters. The van der Waals surface area contributed by atoms with Gasteiger partial charge in [-0.25, -0.2) is 4.79 Å². The van der Waals surface area contributed by atoms with E-state index in [1.54, 1.807) is 24.3 Å². The van der Waals surface area contributed by atoms with Crippen molar-refractivity contribution in [1.29, 1.82) is 0 Å². The molecule has 6 heteroatoms. The van der Waals surface area contributed by atoms with Gasteiger partial charge in [0.05, 0.1) is 16.6 Å². The van der Waals surface area contributed by atoms with Crippen molar-refractivity contribution in [2.45, 2.75) is 0 Å². The summed E-state index contributed by atoms with van der Waals surface area (Å²) in [7, 11) is 0. The summed E-state index contributed by atoms with van der Waals surface area (Å²) in [5.41, 5.74) is 7.27. The largest absolute Gasteiger partial charge is 0.478 e. The minimum absolute atomic E-state index is 0.190. The number of H-pyrrole nitrogens is 1. The summed E-state index contributed by atoms with van der Waals surface area (Å²) in [5.74, 6) is -1.53. The number of aromatic nitrogens is 1. The first-order valence-electron chi connectivity index (χ1n) is 5.76. The fourth-order valence-corrected chi connectivity index (χ4v) is 2.85. The number of primary amides is 1. The zero-order valence-corrected chi connectivity index (χ0v) is 11.7. The standard InChI is InChI=1S/C14H9BrN2O3/c15-9-3-2-7(13(16)18)12-11(9)8-5-6(14(19)20)1-4-10(8)17-12/h1-5,17H,(H2,16,18)(H,19,20). The molecule has 3 rings (SSSR count). The molecule has 3 aromatic rings. The molecule has 1 amide bonds. The van der Waals surface area contributed by atoms with E-state index in [9.17, 15) is 9.59 Å². The van der Waals surface area contributed by atoms with E-state index in [1.165, 1.54) is 6.07 Å². The zero-order valence-electron chi connectivity index (χ0n) is 10.1. The zero-order chi connectivity index (χ0) is 14.4. The molecule has 0 aliphatic heterocycles. The molecule has 0 bridgehead atoms. The number of carboxylic acids is 1. The molecule has 5 nitrogen and oxygen atoms in total. The lowest BCUT2D eigenvalue weighted by Gasteiger charge is -2.00. The maximum Gasteiger partial charge on any atom is 0.335 e. The Morgan fingerprint density at radius 3 is 2.60 bits per heavy atom. The van der Waals surface area contributed by atoms with Crippen LogP contribution >= 0.6 is 15.9 Å². The van der Waals surface area contributed by atoms with Crippen molar-refractivity contribution in [1.82, 2.24) is 4.98 Å². The first-order chi connectivity index (χ1) is 9.49. The smallest absolute Gasteiger partial charge is 0.335 e. The molecule has 4 N–H and O–H groups in total. The molecule has 0 aliphatic rings. The normalized spacial score (nSPS) is 11.1. The number of aromatic amines is 1. The molecule has 0 spiro atoms. The van der Waals surface area contributed by atoms with Crippen LogP contribution in [0.25, 0.3) is 21.8 Å². The first kappa shape index (κ1) is 12.7. The highest BCUT2D eigenvalue weighted by atomic mass is 79.9. The maximum absolute atomic E-state index is 11.5. The number of hydrogen-bond donors (Lipinski definition) is 3. The Balaban J connectivity index is 2.49. The third-order valence-electron chi connectivity index (χ3n) is 3.22. The van der Waals surface area contributed by atoms with Crippen molar-refractivity contribution in [3.63, 3.8) is 0 Å². The number of nitrogens with one attached hydrogen (secondary N) is 1. The summed E-state index contributed by atoms with van der Waals surface area (Å²) >= 11 is 3.42. The van der Waals surface area contributed by atoms with Crippen molar-refractivity contribution in [3.8, 4) is 0 Å². The van der Waals surface area contributed by atoms with Crippen LogP contribution in [-0.4, -0.2) is 22.0 Å². The molecule has 100 valence electrons. The highest BCUT2D eigenvalue weighted by molar-refractivity contribution is 9.10. The van der Waals surface area contributed by atoms with Crippen molar-refractivity contribution < 1.29 is 14.7 Å². The van der Waals surface area contributed by atoms with Gasteiger partial charge in [0, 0.05) is 20.8 Å². The molecule has 0 fully saturated rings. The minimum Gasteiger partial charge on any atom is -0.478 e. The van der Waals surface area contributed by atoms with Crippen LogP contribution in [-0.2, 0) is 0 Å². The lowest BCUT2D eigenvalue weighted by Crippen LogP contribution is -2.11. The number of fused-ring (bicyclic) bond motifs is 3. The predicted octanol–water partition coefficient (Wildman–Crippen LogP) is 2.88. The minimum atomic E-state index is -0.997. The second-order valence-corrected chi connectivity index (χ2v) is 5.25. The van der Waals surface area contributed by atoms with Gasteiger partial charge in [-0.3, -0.25) is 4.79 Å². The van der Waals surface area contributed by atoms with Crippen LogP contribution in [0.3, 0.4) is 0 Å². The van der Waals surface area contributed by atoms with Gasteiger partial charge < -0.3 is 15.8 Å². The number of halogens is 1. The molecule has 0 atom stereocenters. The van der Waals surface area contributed by atoms with Crippen LogP contribution in [0.2, 0.25) is 0 Å². The van der Waals surface area contributed by atoms with E-state index in [4.69, 9.17) is 10.8 Å². The van der Waals surface area contributed by atoms with Gasteiger partial charge in [0.2, 0.25) is 0 Å². The Morgan fingerprint density at radius 1 is 1.20 bits per heavy atom. The van der Waals surface area contributed by atoms with E-state index in [1.807, 2.05) is 0 Å². The number of benzene rings is 2. The average molecular weight is 333 g/mol. The van der Waals surface area contributed by atoms with Gasteiger partial charge >= 0.3 is 5.97 Å². The van der Waals surface area contributed by atoms with Gasteiger partial charge in [0.25, 0.3) is 5.91 Å². The fraction of sp³-hybridized carbons (Fsp3) is 0. The second kappa shape index (κ2) is 4.35. The van der Waals surface area contributed by atoms with E-state index in [-0.39, 0.29) is 5.56 Å². The fourth-order valence-electron chi connectivity index (χ4n) is 2.30. The van der Waals surface area contributed by atoms with E-state index in [2.05, 4.69) is 20.9 Å². The first-order valence-corrected chi connectivity index (χ1v) is 6.55. The summed E-state index contributed by atoms with van der Waals surface area (Å²) in [6.07, 6.45) is 0. The van der Waals surface area contributed by atoms with E-state index < -0.39 is 11.9 Å². The van der Waals surface area contributed by atoms with Crippen molar-refractivity contribution >= 4 is 49.6 Å². The lowest BCUT2D eigenvalue weighted by atomic mass is 10.1. The number of hydrogen-bond acceptors (Lipinski definition) is 2. The molecule has 0 radical (unpaired) electrons. The van der Waals surface area contributed by atoms with Gasteiger partial charge in [-0.1, -0.05) is 15.9 Å². The van der Waals surface area contributed by atoms with Gasteiger partial charge in [-0.15, -0.1) is 0 Å². The molecule has 0 aliphatic carbocycles. The molecule has 2 aromatic carbocycles. The molecule has 1 heterocycles. The van der Waals surface area contributed by atoms with Crippen LogP contribution in [0, 0.1) is 0 Å². The van der Waals surface area contributed by atoms with Crippen LogP contribution in [0.15, 0.2) is 34.8 Å². The third-order valence-corrected chi connectivity index (χ3v) is 3.88. The van der Waals surface area contributed by atoms with Gasteiger partial charge in [-0.05, 0) is 30.3 Å². The Bertz CT molecular complexity index is 883. The van der Waals surface area contributed by atoms with Crippen LogP contribution < -0.4 is 5.73 Å². The highest BCUT2D eigenvalue weighted by Crippen LogP contribution is 2.34. The predicted molar refractivity (Wildman–Crippen MR) is 79.0 cm³/mol. The summed E-state index contributed by atoms with van der Waals surface area (Å²) in [6, 6.07) is 8.12. The Morgan fingerprint density at radius 2 is 1.95 bits per heavy atom. The molecule has 1 aromatic heterocycles. The number of carbonyl (C=O) groups is 2. The summed E-state index contributed by atoms with van der Waals surface area (Å²) in [4.78, 5) is 25.6. The quantitative estimate of drug-likeness (QED) is 0.673. The van der Waals surface area contributed by atoms with Crippen LogP contribution in [0.1, 0.15) is 20.7 Å². The van der Waals surface area contributed by atoms with Gasteiger partial charge in [0.1, 0.15) is 0 Å². The Hall–Kier alpha value is -2.34. The number of nitrogens with two attached hydrogens (primary N) is 1. The van der Waals surface area contributed by atoms with Crippen molar-refractivity contribution in [2.75, 3.05) is 0 Å².